The number of aliphatic hydroxyl groups is 1. The van der Waals surface area contributed by atoms with Gasteiger partial charge in [-0.05, 0) is 111 Å². The molecule has 2 aliphatic heterocycles. The number of benzene rings is 2. The van der Waals surface area contributed by atoms with Crippen molar-refractivity contribution < 1.29 is 23.6 Å². The summed E-state index contributed by atoms with van der Waals surface area (Å²) >= 11 is 6.39. The lowest BCUT2D eigenvalue weighted by atomic mass is 9.64. The second kappa shape index (κ2) is 11.3. The lowest BCUT2D eigenvalue weighted by Crippen LogP contribution is -2.53. The Morgan fingerprint density at radius 2 is 2.02 bits per heavy atom. The van der Waals surface area contributed by atoms with Crippen molar-refractivity contribution >= 4 is 45.1 Å². The highest BCUT2D eigenvalue weighted by Crippen LogP contribution is 2.48. The van der Waals surface area contributed by atoms with Crippen LogP contribution in [0.25, 0.3) is 0 Å². The third-order valence-electron chi connectivity index (χ3n) is 10.5. The van der Waals surface area contributed by atoms with Gasteiger partial charge in [-0.1, -0.05) is 30.7 Å². The number of allylic oxidation sites excluding steroid dienone is 1. The van der Waals surface area contributed by atoms with Gasteiger partial charge in [-0.15, -0.1) is 0 Å². The molecule has 2 aliphatic carbocycles. The molecule has 43 heavy (non-hydrogen) atoms. The standard InChI is InChI=1S/C34H41ClN2O5S/c1-22-6-4-15-34(40,20-38)29-11-8-26(29)18-37-19-33(14-5-7-24-16-27(35)10-12-28(24)33)21-42-31-13-9-25(17-30(31)37)32(39)36-43(3,41)23(22)2/h4,9-10,12-13,15-17,20,22-23,26,29,40H,3,5-8,11,14,18-19,21H2,1-2H3,(H,36,39,41)/b15-4+/t22-,23+,26-,29+,33-,34+,43?/m0/s1. The van der Waals surface area contributed by atoms with Crippen molar-refractivity contribution in [2.45, 2.75) is 68.6 Å². The molecule has 0 saturated heterocycles. The van der Waals surface area contributed by atoms with Crippen molar-refractivity contribution in [3.05, 3.63) is 70.3 Å². The predicted molar refractivity (Wildman–Crippen MR) is 173 cm³/mol. The van der Waals surface area contributed by atoms with Gasteiger partial charge in [0.25, 0.3) is 5.91 Å². The van der Waals surface area contributed by atoms with E-state index in [4.69, 9.17) is 16.3 Å². The summed E-state index contributed by atoms with van der Waals surface area (Å²) in [6, 6.07) is 11.5. The fourth-order valence-electron chi connectivity index (χ4n) is 7.53. The molecule has 0 aromatic heterocycles. The molecule has 7 atom stereocenters. The quantitative estimate of drug-likeness (QED) is 0.260. The molecule has 7 nitrogen and oxygen atoms in total. The monoisotopic (exact) mass is 624 g/mol. The largest absolute Gasteiger partial charge is 0.490 e. The highest BCUT2D eigenvalue weighted by Gasteiger charge is 2.48. The van der Waals surface area contributed by atoms with Gasteiger partial charge >= 0.3 is 0 Å². The van der Waals surface area contributed by atoms with E-state index in [0.717, 1.165) is 42.8 Å². The highest BCUT2D eigenvalue weighted by atomic mass is 35.5. The molecule has 9 heteroatoms. The van der Waals surface area contributed by atoms with Crippen molar-refractivity contribution in [1.82, 2.24) is 4.72 Å². The van der Waals surface area contributed by atoms with E-state index >= 15 is 0 Å². The maximum atomic E-state index is 13.6. The number of aryl methyl sites for hydroxylation is 1. The number of carbonyl (C=O) groups is 2. The number of carbonyl (C=O) groups excluding carboxylic acids is 2. The summed E-state index contributed by atoms with van der Waals surface area (Å²) in [5, 5.41) is 11.8. The minimum Gasteiger partial charge on any atom is -0.490 e. The zero-order chi connectivity index (χ0) is 30.6. The third kappa shape index (κ3) is 5.51. The van der Waals surface area contributed by atoms with E-state index in [1.54, 1.807) is 12.1 Å². The van der Waals surface area contributed by atoms with Gasteiger partial charge in [0, 0.05) is 40.3 Å². The van der Waals surface area contributed by atoms with Crippen LogP contribution in [0.1, 0.15) is 67.4 Å². The van der Waals surface area contributed by atoms with E-state index in [2.05, 4.69) is 27.6 Å². The van der Waals surface area contributed by atoms with Gasteiger partial charge in [-0.25, -0.2) is 4.21 Å². The molecule has 2 bridgehead atoms. The number of rotatable bonds is 1. The summed E-state index contributed by atoms with van der Waals surface area (Å²) in [5.74, 6) is 3.88. The van der Waals surface area contributed by atoms with Crippen LogP contribution in [-0.4, -0.2) is 57.9 Å². The van der Waals surface area contributed by atoms with Crippen LogP contribution in [0, 0.1) is 17.8 Å². The summed E-state index contributed by atoms with van der Waals surface area (Å²) in [7, 11) is -3.00. The molecule has 1 amide bonds. The number of aldehydes is 1. The van der Waals surface area contributed by atoms with Crippen molar-refractivity contribution in [3.8, 4) is 5.75 Å². The molecular weight excluding hydrogens is 584 g/mol. The minimum atomic E-state index is -3.00. The number of anilines is 1. The van der Waals surface area contributed by atoms with E-state index in [1.165, 1.54) is 11.1 Å². The van der Waals surface area contributed by atoms with Crippen LogP contribution < -0.4 is 14.4 Å². The molecule has 2 heterocycles. The Kier molecular flexibility index (Phi) is 7.93. The number of fused-ring (bicyclic) bond motifs is 4. The van der Waals surface area contributed by atoms with Gasteiger partial charge in [0.2, 0.25) is 0 Å². The molecule has 230 valence electrons. The van der Waals surface area contributed by atoms with E-state index in [0.29, 0.717) is 43.7 Å². The van der Waals surface area contributed by atoms with E-state index in [1.807, 2.05) is 38.1 Å². The van der Waals surface area contributed by atoms with Gasteiger partial charge in [-0.3, -0.25) is 14.3 Å². The van der Waals surface area contributed by atoms with Crippen LogP contribution in [0.15, 0.2) is 48.6 Å². The average Bonchev–Trinajstić information content (AvgIpc) is 3.11. The molecule has 1 unspecified atom stereocenters. The fourth-order valence-corrected chi connectivity index (χ4v) is 9.21. The number of nitrogens with one attached hydrogen (secondary N) is 1. The molecule has 2 N–H and O–H groups in total. The Morgan fingerprint density at radius 3 is 2.77 bits per heavy atom. The SMILES string of the molecule is C=S1(=O)NC(=O)c2ccc3c(c2)N(C[C@@H]2CC[C@H]2[C@](O)(C=O)/C=C/C[C@H](C)[C@H]1C)C[C@@]1(CCCc2cc(Cl)ccc21)CO3. The molecule has 0 radical (unpaired) electrons. The van der Waals surface area contributed by atoms with Crippen LogP contribution in [-0.2, 0) is 26.3 Å². The van der Waals surface area contributed by atoms with Gasteiger partial charge < -0.3 is 14.7 Å². The maximum absolute atomic E-state index is 13.6. The van der Waals surface area contributed by atoms with Gasteiger partial charge in [0.15, 0.2) is 6.29 Å². The summed E-state index contributed by atoms with van der Waals surface area (Å²) in [6.45, 7) is 5.48. The number of ether oxygens (including phenoxy) is 1. The normalized spacial score (nSPS) is 36.7. The third-order valence-corrected chi connectivity index (χ3v) is 12.9. The van der Waals surface area contributed by atoms with Gasteiger partial charge in [0.1, 0.15) is 11.4 Å². The molecule has 1 saturated carbocycles. The Balaban J connectivity index is 1.45. The van der Waals surface area contributed by atoms with Crippen LogP contribution in [0.5, 0.6) is 5.75 Å². The summed E-state index contributed by atoms with van der Waals surface area (Å²) in [5.41, 5.74) is 1.76. The summed E-state index contributed by atoms with van der Waals surface area (Å²) < 4.78 is 22.9. The first-order chi connectivity index (χ1) is 20.4. The fraction of sp³-hybridized carbons (Fsp3) is 0.500. The summed E-state index contributed by atoms with van der Waals surface area (Å²) in [6.07, 6.45) is 9.13. The van der Waals surface area contributed by atoms with E-state index < -0.39 is 26.5 Å². The zero-order valence-corrected chi connectivity index (χ0v) is 26.5. The lowest BCUT2D eigenvalue weighted by molar-refractivity contribution is -0.130. The zero-order valence-electron chi connectivity index (χ0n) is 24.9. The number of nitrogens with zero attached hydrogens (tertiary/aromatic N) is 1. The van der Waals surface area contributed by atoms with Crippen LogP contribution in [0.4, 0.5) is 5.69 Å². The highest BCUT2D eigenvalue weighted by molar-refractivity contribution is 7.99. The van der Waals surface area contributed by atoms with Crippen LogP contribution >= 0.6 is 11.6 Å². The Bertz CT molecular complexity index is 1570. The topological polar surface area (TPSA) is 95.9 Å². The van der Waals surface area contributed by atoms with Crippen LogP contribution in [0.2, 0.25) is 5.02 Å². The van der Waals surface area contributed by atoms with Gasteiger partial charge in [-0.2, -0.15) is 0 Å². The predicted octanol–water partition coefficient (Wildman–Crippen LogP) is 5.12. The summed E-state index contributed by atoms with van der Waals surface area (Å²) in [4.78, 5) is 28.2. The molecule has 2 aromatic rings. The van der Waals surface area contributed by atoms with Crippen molar-refractivity contribution in [2.75, 3.05) is 24.6 Å². The number of halogens is 1. The second-order valence-electron chi connectivity index (χ2n) is 13.2. The number of hydrogen-bond donors (Lipinski definition) is 2. The first kappa shape index (κ1) is 30.2. The molecule has 1 fully saturated rings. The Morgan fingerprint density at radius 1 is 1.21 bits per heavy atom. The van der Waals surface area contributed by atoms with E-state index in [-0.39, 0.29) is 23.2 Å². The lowest BCUT2D eigenvalue weighted by Gasteiger charge is -2.47. The van der Waals surface area contributed by atoms with Crippen LogP contribution in [0.3, 0.4) is 0 Å². The molecule has 6 rings (SSSR count). The minimum absolute atomic E-state index is 0.0662. The van der Waals surface area contributed by atoms with Crippen molar-refractivity contribution in [3.63, 3.8) is 0 Å². The molecule has 4 aliphatic rings. The Labute approximate surface area is 259 Å². The second-order valence-corrected chi connectivity index (χ2v) is 16.1. The smallest absolute Gasteiger partial charge is 0.262 e. The maximum Gasteiger partial charge on any atom is 0.262 e. The molecule has 2 aromatic carbocycles. The van der Waals surface area contributed by atoms with Crippen molar-refractivity contribution in [1.29, 1.82) is 0 Å². The van der Waals surface area contributed by atoms with E-state index in [9.17, 15) is 18.9 Å². The van der Waals surface area contributed by atoms with Gasteiger partial charge in [0.05, 0.1) is 22.0 Å². The Hall–Kier alpha value is -2.81. The molecular formula is C34H41ClN2O5S. The number of hydrogen-bond acceptors (Lipinski definition) is 6. The molecule has 1 spiro atoms. The first-order valence-corrected chi connectivity index (χ1v) is 17.5. The average molecular weight is 625 g/mol. The number of amides is 1. The van der Waals surface area contributed by atoms with Crippen molar-refractivity contribution in [2.24, 2.45) is 17.8 Å². The first-order valence-electron chi connectivity index (χ1n) is 15.3.